The number of carbonyl (C=O) groups excluding carboxylic acids is 1. The summed E-state index contributed by atoms with van der Waals surface area (Å²) in [5.41, 5.74) is 0. The van der Waals surface area contributed by atoms with Crippen LogP contribution < -0.4 is 0 Å². The van der Waals surface area contributed by atoms with Gasteiger partial charge >= 0.3 is 6.03 Å². The maximum absolute atomic E-state index is 12.1. The van der Waals surface area contributed by atoms with E-state index in [0.29, 0.717) is 25.6 Å². The fourth-order valence-corrected chi connectivity index (χ4v) is 2.31. The number of methoxy groups -OCH3 is 1. The summed E-state index contributed by atoms with van der Waals surface area (Å²) in [5, 5.41) is 0. The lowest BCUT2D eigenvalue weighted by atomic mass is 10.1. The lowest BCUT2D eigenvalue weighted by molar-refractivity contribution is 0.115. The van der Waals surface area contributed by atoms with Crippen LogP contribution in [0.1, 0.15) is 5.82 Å². The molecule has 2 heterocycles. The third-order valence-electron chi connectivity index (χ3n) is 3.12. The molecule has 0 aliphatic carbocycles. The summed E-state index contributed by atoms with van der Waals surface area (Å²) in [6.07, 6.45) is 3.74. The number of hydrogen-bond acceptors (Lipinski definition) is 3. The van der Waals surface area contributed by atoms with Gasteiger partial charge in [-0.15, -0.1) is 0 Å². The van der Waals surface area contributed by atoms with Crippen LogP contribution in [0, 0.1) is 5.92 Å². The van der Waals surface area contributed by atoms with E-state index in [1.165, 1.54) is 0 Å². The molecule has 1 aliphatic heterocycles. The Kier molecular flexibility index (Phi) is 3.86. The molecule has 0 saturated carbocycles. The van der Waals surface area contributed by atoms with Gasteiger partial charge < -0.3 is 19.1 Å². The number of rotatable bonds is 2. The average molecular weight is 252 g/mol. The quantitative estimate of drug-likeness (QED) is 0.776. The standard InChI is InChI=1S/C12H20N4O2/c1-14(2)12(17)16-7-10(9-18-3)6-15-5-4-13-11(15)8-16/h4-5,10H,6-9H2,1-3H3/t10-/m0/s1. The van der Waals surface area contributed by atoms with Crippen LogP contribution in [0.5, 0.6) is 0 Å². The Morgan fingerprint density at radius 1 is 1.56 bits per heavy atom. The van der Waals surface area contributed by atoms with Gasteiger partial charge in [0.1, 0.15) is 5.82 Å². The molecule has 0 saturated heterocycles. The van der Waals surface area contributed by atoms with Crippen LogP contribution in [-0.4, -0.2) is 59.7 Å². The van der Waals surface area contributed by atoms with Gasteiger partial charge in [0.05, 0.1) is 13.2 Å². The second-order valence-corrected chi connectivity index (χ2v) is 4.87. The van der Waals surface area contributed by atoms with E-state index in [4.69, 9.17) is 4.74 Å². The minimum Gasteiger partial charge on any atom is -0.384 e. The molecule has 0 radical (unpaired) electrons. The van der Waals surface area contributed by atoms with Crippen LogP contribution in [0.15, 0.2) is 12.4 Å². The van der Waals surface area contributed by atoms with Crippen molar-refractivity contribution in [2.24, 2.45) is 5.92 Å². The molecule has 2 amide bonds. The lowest BCUT2D eigenvalue weighted by Crippen LogP contribution is -2.41. The second kappa shape index (κ2) is 5.39. The Labute approximate surface area is 107 Å². The smallest absolute Gasteiger partial charge is 0.319 e. The Morgan fingerprint density at radius 3 is 3.00 bits per heavy atom. The van der Waals surface area contributed by atoms with Crippen molar-refractivity contribution in [1.82, 2.24) is 19.4 Å². The molecule has 2 rings (SSSR count). The van der Waals surface area contributed by atoms with E-state index in [1.54, 1.807) is 32.3 Å². The minimum absolute atomic E-state index is 0.0209. The fraction of sp³-hybridized carbons (Fsp3) is 0.667. The van der Waals surface area contributed by atoms with Crippen molar-refractivity contribution < 1.29 is 9.53 Å². The molecule has 1 aliphatic rings. The van der Waals surface area contributed by atoms with Gasteiger partial charge in [-0.1, -0.05) is 0 Å². The summed E-state index contributed by atoms with van der Waals surface area (Å²) >= 11 is 0. The largest absolute Gasteiger partial charge is 0.384 e. The Balaban J connectivity index is 2.19. The number of nitrogens with zero attached hydrogens (tertiary/aromatic N) is 4. The van der Waals surface area contributed by atoms with Crippen molar-refractivity contribution in [3.8, 4) is 0 Å². The molecular formula is C12H20N4O2. The van der Waals surface area contributed by atoms with E-state index in [-0.39, 0.29) is 6.03 Å². The highest BCUT2D eigenvalue weighted by Crippen LogP contribution is 2.16. The molecule has 18 heavy (non-hydrogen) atoms. The number of imidazole rings is 1. The van der Waals surface area contributed by atoms with Crippen LogP contribution in [-0.2, 0) is 17.8 Å². The predicted octanol–water partition coefficient (Wildman–Crippen LogP) is 0.643. The van der Waals surface area contributed by atoms with Gasteiger partial charge in [0.15, 0.2) is 0 Å². The predicted molar refractivity (Wildman–Crippen MR) is 67.1 cm³/mol. The number of ether oxygens (including phenoxy) is 1. The number of aromatic nitrogens is 2. The first-order chi connectivity index (χ1) is 8.61. The number of amides is 2. The average Bonchev–Trinajstić information content (AvgIpc) is 2.68. The Hall–Kier alpha value is -1.56. The molecule has 1 aromatic rings. The molecule has 0 spiro atoms. The zero-order chi connectivity index (χ0) is 13.1. The van der Waals surface area contributed by atoms with Gasteiger partial charge in [-0.25, -0.2) is 9.78 Å². The van der Waals surface area contributed by atoms with Crippen molar-refractivity contribution in [1.29, 1.82) is 0 Å². The zero-order valence-electron chi connectivity index (χ0n) is 11.2. The molecule has 0 N–H and O–H groups in total. The van der Waals surface area contributed by atoms with Crippen LogP contribution in [0.25, 0.3) is 0 Å². The van der Waals surface area contributed by atoms with Gasteiger partial charge in [0.25, 0.3) is 0 Å². The highest BCUT2D eigenvalue weighted by molar-refractivity contribution is 5.73. The molecule has 0 unspecified atom stereocenters. The van der Waals surface area contributed by atoms with Crippen molar-refractivity contribution in [2.45, 2.75) is 13.1 Å². The van der Waals surface area contributed by atoms with Crippen molar-refractivity contribution in [3.05, 3.63) is 18.2 Å². The number of carbonyl (C=O) groups is 1. The number of hydrogen-bond donors (Lipinski definition) is 0. The third kappa shape index (κ3) is 2.64. The molecule has 100 valence electrons. The maximum atomic E-state index is 12.1. The van der Waals surface area contributed by atoms with E-state index in [1.807, 2.05) is 11.1 Å². The molecule has 0 bridgehead atoms. The number of fused-ring (bicyclic) bond motifs is 1. The summed E-state index contributed by atoms with van der Waals surface area (Å²) in [5.74, 6) is 1.23. The molecule has 1 aromatic heterocycles. The lowest BCUT2D eigenvalue weighted by Gasteiger charge is -2.26. The third-order valence-corrected chi connectivity index (χ3v) is 3.12. The van der Waals surface area contributed by atoms with Crippen molar-refractivity contribution in [2.75, 3.05) is 34.4 Å². The minimum atomic E-state index is 0.0209. The highest BCUT2D eigenvalue weighted by atomic mass is 16.5. The Morgan fingerprint density at radius 2 is 2.33 bits per heavy atom. The summed E-state index contributed by atoms with van der Waals surface area (Å²) in [7, 11) is 5.23. The molecule has 0 aromatic carbocycles. The van der Waals surface area contributed by atoms with Crippen molar-refractivity contribution >= 4 is 6.03 Å². The first-order valence-electron chi connectivity index (χ1n) is 6.07. The van der Waals surface area contributed by atoms with Crippen molar-refractivity contribution in [3.63, 3.8) is 0 Å². The number of urea groups is 1. The van der Waals surface area contributed by atoms with E-state index in [2.05, 4.69) is 9.55 Å². The van der Waals surface area contributed by atoms with Crippen LogP contribution in [0.4, 0.5) is 4.79 Å². The van der Waals surface area contributed by atoms with Crippen LogP contribution in [0.2, 0.25) is 0 Å². The van der Waals surface area contributed by atoms with E-state index in [0.717, 1.165) is 12.4 Å². The SMILES string of the molecule is COC[C@@H]1CN(C(=O)N(C)C)Cc2nccn2C1. The maximum Gasteiger partial charge on any atom is 0.319 e. The van der Waals surface area contributed by atoms with Gasteiger partial charge in [0, 0.05) is 52.6 Å². The summed E-state index contributed by atoms with van der Waals surface area (Å²) in [6.45, 7) is 2.76. The van der Waals surface area contributed by atoms with E-state index < -0.39 is 0 Å². The van der Waals surface area contributed by atoms with Crippen LogP contribution in [0.3, 0.4) is 0 Å². The van der Waals surface area contributed by atoms with E-state index in [9.17, 15) is 4.79 Å². The topological polar surface area (TPSA) is 50.6 Å². The summed E-state index contributed by atoms with van der Waals surface area (Å²) < 4.78 is 7.34. The van der Waals surface area contributed by atoms with Gasteiger partial charge in [-0.2, -0.15) is 0 Å². The molecule has 6 nitrogen and oxygen atoms in total. The van der Waals surface area contributed by atoms with Crippen LogP contribution >= 0.6 is 0 Å². The molecular weight excluding hydrogens is 232 g/mol. The molecule has 0 fully saturated rings. The highest BCUT2D eigenvalue weighted by Gasteiger charge is 2.26. The van der Waals surface area contributed by atoms with E-state index >= 15 is 0 Å². The van der Waals surface area contributed by atoms with Gasteiger partial charge in [0.2, 0.25) is 0 Å². The molecule has 1 atom stereocenters. The summed E-state index contributed by atoms with van der Waals surface area (Å²) in [4.78, 5) is 19.8. The first-order valence-corrected chi connectivity index (χ1v) is 6.07. The van der Waals surface area contributed by atoms with Gasteiger partial charge in [-0.3, -0.25) is 0 Å². The Bertz CT molecular complexity index is 416. The zero-order valence-corrected chi connectivity index (χ0v) is 11.2. The van der Waals surface area contributed by atoms with Gasteiger partial charge in [-0.05, 0) is 0 Å². The first kappa shape index (κ1) is 12.9. The second-order valence-electron chi connectivity index (χ2n) is 4.87. The normalized spacial score (nSPS) is 19.3. The molecule has 6 heteroatoms. The fourth-order valence-electron chi connectivity index (χ4n) is 2.31. The monoisotopic (exact) mass is 252 g/mol. The summed E-state index contributed by atoms with van der Waals surface area (Å²) in [6, 6.07) is 0.0209.